The number of phenolic OH excluding ortho intramolecular Hbond substituents is 1. The summed E-state index contributed by atoms with van der Waals surface area (Å²) in [5.74, 6) is 1.04. The van der Waals surface area contributed by atoms with E-state index >= 15 is 0 Å². The monoisotopic (exact) mass is 331 g/mol. The molecule has 3 heterocycles. The molecule has 2 bridgehead atoms. The lowest BCUT2D eigenvalue weighted by Crippen LogP contribution is -2.57. The zero-order valence-corrected chi connectivity index (χ0v) is 13.4. The SMILES string of the molecule is Cc1nccn1C1C2OCC(O2)C(NCc2ccccc2O)C1O. The van der Waals surface area contributed by atoms with Crippen molar-refractivity contribution in [1.82, 2.24) is 14.9 Å². The van der Waals surface area contributed by atoms with E-state index in [-0.39, 0.29) is 23.9 Å². The third-order valence-electron chi connectivity index (χ3n) is 4.83. The molecule has 128 valence electrons. The van der Waals surface area contributed by atoms with E-state index < -0.39 is 12.4 Å². The summed E-state index contributed by atoms with van der Waals surface area (Å²) in [6.07, 6.45) is 2.16. The Labute approximate surface area is 139 Å². The fraction of sp³-hybridized carbons (Fsp3) is 0.471. The van der Waals surface area contributed by atoms with Crippen LogP contribution in [-0.2, 0) is 16.0 Å². The van der Waals surface area contributed by atoms with Gasteiger partial charge in [0.25, 0.3) is 0 Å². The molecular formula is C17H21N3O4. The van der Waals surface area contributed by atoms with Gasteiger partial charge in [0.05, 0.1) is 18.8 Å². The van der Waals surface area contributed by atoms with E-state index in [1.807, 2.05) is 29.8 Å². The molecule has 1 aromatic heterocycles. The molecule has 2 aromatic rings. The summed E-state index contributed by atoms with van der Waals surface area (Å²) in [7, 11) is 0. The lowest BCUT2D eigenvalue weighted by Gasteiger charge is -2.39. The number of para-hydroxylation sites is 1. The van der Waals surface area contributed by atoms with Gasteiger partial charge in [-0.05, 0) is 13.0 Å². The first-order chi connectivity index (χ1) is 11.6. The fourth-order valence-corrected chi connectivity index (χ4v) is 3.54. The van der Waals surface area contributed by atoms with Crippen LogP contribution in [0.25, 0.3) is 0 Å². The van der Waals surface area contributed by atoms with Crippen molar-refractivity contribution in [2.75, 3.05) is 6.61 Å². The van der Waals surface area contributed by atoms with Crippen molar-refractivity contribution in [1.29, 1.82) is 0 Å². The second-order valence-electron chi connectivity index (χ2n) is 6.27. The van der Waals surface area contributed by atoms with Crippen LogP contribution in [0.5, 0.6) is 5.75 Å². The number of aromatic nitrogens is 2. The summed E-state index contributed by atoms with van der Waals surface area (Å²) in [6.45, 7) is 2.76. The van der Waals surface area contributed by atoms with E-state index in [0.717, 1.165) is 11.4 Å². The minimum atomic E-state index is -0.685. The third-order valence-corrected chi connectivity index (χ3v) is 4.83. The molecule has 24 heavy (non-hydrogen) atoms. The van der Waals surface area contributed by atoms with Crippen molar-refractivity contribution >= 4 is 0 Å². The van der Waals surface area contributed by atoms with Crippen molar-refractivity contribution in [2.24, 2.45) is 0 Å². The topological polar surface area (TPSA) is 88.8 Å². The molecule has 5 atom stereocenters. The minimum Gasteiger partial charge on any atom is -0.508 e. The predicted octanol–water partition coefficient (Wildman–Crippen LogP) is 0.713. The molecule has 0 saturated carbocycles. The van der Waals surface area contributed by atoms with Gasteiger partial charge in [0.15, 0.2) is 6.29 Å². The Hall–Kier alpha value is -1.93. The second kappa shape index (κ2) is 6.18. The predicted molar refractivity (Wildman–Crippen MR) is 85.4 cm³/mol. The summed E-state index contributed by atoms with van der Waals surface area (Å²) in [5, 5.41) is 24.1. The summed E-state index contributed by atoms with van der Waals surface area (Å²) < 4.78 is 13.6. The molecule has 5 unspecified atom stereocenters. The largest absolute Gasteiger partial charge is 0.508 e. The first-order valence-electron chi connectivity index (χ1n) is 8.10. The second-order valence-corrected chi connectivity index (χ2v) is 6.27. The highest BCUT2D eigenvalue weighted by Gasteiger charge is 2.50. The third kappa shape index (κ3) is 2.59. The Bertz CT molecular complexity index is 719. The van der Waals surface area contributed by atoms with Crippen molar-refractivity contribution in [3.8, 4) is 5.75 Å². The molecule has 0 amide bonds. The number of phenols is 1. The van der Waals surface area contributed by atoms with Crippen molar-refractivity contribution in [3.63, 3.8) is 0 Å². The highest BCUT2D eigenvalue weighted by molar-refractivity contribution is 5.31. The van der Waals surface area contributed by atoms with E-state index in [9.17, 15) is 10.2 Å². The van der Waals surface area contributed by atoms with Gasteiger partial charge in [0.1, 0.15) is 23.7 Å². The molecule has 2 aliphatic heterocycles. The van der Waals surface area contributed by atoms with E-state index in [4.69, 9.17) is 9.47 Å². The Kier molecular flexibility index (Phi) is 4.01. The van der Waals surface area contributed by atoms with Crippen molar-refractivity contribution in [2.45, 2.75) is 44.1 Å². The van der Waals surface area contributed by atoms with Gasteiger partial charge in [-0.1, -0.05) is 18.2 Å². The zero-order chi connectivity index (χ0) is 16.7. The molecule has 7 heteroatoms. The minimum absolute atomic E-state index is 0.212. The van der Waals surface area contributed by atoms with Crippen molar-refractivity contribution < 1.29 is 19.7 Å². The molecule has 0 radical (unpaired) electrons. The Morgan fingerprint density at radius 1 is 1.38 bits per heavy atom. The van der Waals surface area contributed by atoms with Gasteiger partial charge in [0, 0.05) is 24.5 Å². The summed E-state index contributed by atoms with van der Waals surface area (Å²) in [5.41, 5.74) is 0.779. The maximum atomic E-state index is 10.9. The molecule has 4 rings (SSSR count). The van der Waals surface area contributed by atoms with E-state index in [1.54, 1.807) is 18.3 Å². The summed E-state index contributed by atoms with van der Waals surface area (Å²) >= 11 is 0. The molecule has 1 aromatic carbocycles. The van der Waals surface area contributed by atoms with Crippen LogP contribution < -0.4 is 5.32 Å². The molecule has 0 spiro atoms. The number of nitrogens with one attached hydrogen (secondary N) is 1. The number of aliphatic hydroxyl groups excluding tert-OH is 1. The van der Waals surface area contributed by atoms with Crippen molar-refractivity contribution in [3.05, 3.63) is 48.0 Å². The average Bonchev–Trinajstić information content (AvgIpc) is 3.18. The number of rotatable bonds is 4. The number of nitrogens with zero attached hydrogens (tertiary/aromatic N) is 2. The van der Waals surface area contributed by atoms with E-state index in [1.165, 1.54) is 0 Å². The first kappa shape index (κ1) is 15.6. The number of aliphatic hydroxyl groups is 1. The van der Waals surface area contributed by atoms with Crippen LogP contribution in [0, 0.1) is 6.92 Å². The highest BCUT2D eigenvalue weighted by Crippen LogP contribution is 2.36. The van der Waals surface area contributed by atoms with Gasteiger partial charge in [-0.15, -0.1) is 0 Å². The molecule has 7 nitrogen and oxygen atoms in total. The van der Waals surface area contributed by atoms with Crippen LogP contribution in [0.4, 0.5) is 0 Å². The standard InChI is InChI=1S/C17H21N3O4/c1-10-18-6-7-20(10)15-16(22)14(13-9-23-17(15)24-13)19-8-11-4-2-3-5-12(11)21/h2-7,13-17,19,21-22H,8-9H2,1H3. The average molecular weight is 331 g/mol. The fourth-order valence-electron chi connectivity index (χ4n) is 3.54. The first-order valence-corrected chi connectivity index (χ1v) is 8.10. The smallest absolute Gasteiger partial charge is 0.181 e. The van der Waals surface area contributed by atoms with Gasteiger partial charge in [-0.25, -0.2) is 4.98 Å². The van der Waals surface area contributed by atoms with E-state index in [2.05, 4.69) is 10.3 Å². The number of aromatic hydroxyl groups is 1. The van der Waals surface area contributed by atoms with Crippen LogP contribution in [-0.4, -0.2) is 50.9 Å². The number of imidazole rings is 1. The molecular weight excluding hydrogens is 310 g/mol. The van der Waals surface area contributed by atoms with Crippen LogP contribution in [0.1, 0.15) is 17.4 Å². The van der Waals surface area contributed by atoms with Crippen LogP contribution >= 0.6 is 0 Å². The summed E-state index contributed by atoms with van der Waals surface area (Å²) in [4.78, 5) is 4.23. The molecule has 3 N–H and O–H groups in total. The lowest BCUT2D eigenvalue weighted by atomic mass is 9.95. The summed E-state index contributed by atoms with van der Waals surface area (Å²) in [6, 6.07) is 6.51. The van der Waals surface area contributed by atoms with E-state index in [0.29, 0.717) is 13.2 Å². The number of hydrogen-bond donors (Lipinski definition) is 3. The number of aryl methyl sites for hydroxylation is 1. The van der Waals surface area contributed by atoms with Gasteiger partial charge in [0.2, 0.25) is 0 Å². The Morgan fingerprint density at radius 2 is 2.21 bits per heavy atom. The Morgan fingerprint density at radius 3 is 2.96 bits per heavy atom. The molecule has 2 saturated heterocycles. The van der Waals surface area contributed by atoms with Crippen LogP contribution in [0.3, 0.4) is 0 Å². The van der Waals surface area contributed by atoms with Gasteiger partial charge >= 0.3 is 0 Å². The van der Waals surface area contributed by atoms with Gasteiger partial charge in [-0.3, -0.25) is 0 Å². The number of ether oxygens (including phenoxy) is 2. The molecule has 2 aliphatic rings. The lowest BCUT2D eigenvalue weighted by molar-refractivity contribution is -0.165. The van der Waals surface area contributed by atoms with Crippen LogP contribution in [0.15, 0.2) is 36.7 Å². The zero-order valence-electron chi connectivity index (χ0n) is 13.4. The normalized spacial score (nSPS) is 32.2. The number of fused-ring (bicyclic) bond motifs is 2. The maximum absolute atomic E-state index is 10.9. The van der Waals surface area contributed by atoms with Gasteiger partial charge in [-0.2, -0.15) is 0 Å². The maximum Gasteiger partial charge on any atom is 0.181 e. The molecule has 2 fully saturated rings. The highest BCUT2D eigenvalue weighted by atomic mass is 16.7. The Balaban J connectivity index is 1.54. The van der Waals surface area contributed by atoms with Gasteiger partial charge < -0.3 is 29.6 Å². The molecule has 0 aliphatic carbocycles. The van der Waals surface area contributed by atoms with Crippen LogP contribution in [0.2, 0.25) is 0 Å². The number of benzene rings is 1. The number of hydrogen-bond acceptors (Lipinski definition) is 6. The quantitative estimate of drug-likeness (QED) is 0.765.